The third-order valence-corrected chi connectivity index (χ3v) is 2.51. The molecule has 0 saturated heterocycles. The number of hydrogen-bond donors (Lipinski definition) is 2. The Labute approximate surface area is 98.9 Å². The Bertz CT molecular complexity index is 207. The minimum Gasteiger partial charge on any atom is -0.381 e. The fourth-order valence-corrected chi connectivity index (χ4v) is 1.29. The Morgan fingerprint density at radius 2 is 2.12 bits per heavy atom. The van der Waals surface area contributed by atoms with Crippen LogP contribution in [-0.4, -0.2) is 31.2 Å². The molecule has 0 aromatic rings. The van der Waals surface area contributed by atoms with Crippen molar-refractivity contribution in [3.8, 4) is 0 Å². The van der Waals surface area contributed by atoms with Gasteiger partial charge in [0.05, 0.1) is 5.54 Å². The highest BCUT2D eigenvalue weighted by Gasteiger charge is 2.29. The number of nitrogens with one attached hydrogen (secondary N) is 1. The Hall–Kier alpha value is -0.610. The van der Waals surface area contributed by atoms with E-state index in [-0.39, 0.29) is 5.91 Å². The van der Waals surface area contributed by atoms with Gasteiger partial charge in [0.25, 0.3) is 0 Å². The van der Waals surface area contributed by atoms with Crippen molar-refractivity contribution in [2.45, 2.75) is 46.1 Å². The van der Waals surface area contributed by atoms with Gasteiger partial charge < -0.3 is 15.8 Å². The summed E-state index contributed by atoms with van der Waals surface area (Å²) < 4.78 is 5.47. The van der Waals surface area contributed by atoms with Crippen LogP contribution in [0.15, 0.2) is 0 Å². The van der Waals surface area contributed by atoms with Gasteiger partial charge in [-0.25, -0.2) is 0 Å². The molecule has 4 heteroatoms. The minimum atomic E-state index is -0.646. The van der Waals surface area contributed by atoms with E-state index in [1.807, 2.05) is 6.92 Å². The van der Waals surface area contributed by atoms with Gasteiger partial charge in [0.15, 0.2) is 0 Å². The maximum Gasteiger partial charge on any atom is 0.237 e. The van der Waals surface area contributed by atoms with Gasteiger partial charge >= 0.3 is 0 Å². The second kappa shape index (κ2) is 7.63. The average molecular weight is 230 g/mol. The number of amides is 1. The summed E-state index contributed by atoms with van der Waals surface area (Å²) >= 11 is 0. The van der Waals surface area contributed by atoms with E-state index in [2.05, 4.69) is 26.1 Å². The van der Waals surface area contributed by atoms with E-state index >= 15 is 0 Å². The van der Waals surface area contributed by atoms with E-state index in [1.165, 1.54) is 0 Å². The summed E-state index contributed by atoms with van der Waals surface area (Å²) in [5, 5.41) is 3.18. The van der Waals surface area contributed by atoms with E-state index in [1.54, 1.807) is 0 Å². The lowest BCUT2D eigenvalue weighted by atomic mass is 9.97. The molecule has 0 aromatic heterocycles. The van der Waals surface area contributed by atoms with Gasteiger partial charge in [-0.2, -0.15) is 0 Å². The van der Waals surface area contributed by atoms with Gasteiger partial charge in [0.2, 0.25) is 5.91 Å². The van der Waals surface area contributed by atoms with Crippen LogP contribution < -0.4 is 11.1 Å². The van der Waals surface area contributed by atoms with Crippen molar-refractivity contribution < 1.29 is 9.53 Å². The lowest BCUT2D eigenvalue weighted by Crippen LogP contribution is -2.54. The van der Waals surface area contributed by atoms with Crippen molar-refractivity contribution in [1.82, 2.24) is 5.32 Å². The Balaban J connectivity index is 3.98. The van der Waals surface area contributed by atoms with Gasteiger partial charge in [0, 0.05) is 13.2 Å². The predicted molar refractivity (Wildman–Crippen MR) is 66.2 cm³/mol. The van der Waals surface area contributed by atoms with Crippen molar-refractivity contribution in [3.63, 3.8) is 0 Å². The molecule has 0 fully saturated rings. The van der Waals surface area contributed by atoms with Crippen LogP contribution in [0.25, 0.3) is 0 Å². The molecule has 0 aliphatic heterocycles. The molecule has 0 aliphatic carbocycles. The number of hydrogen-bond acceptors (Lipinski definition) is 3. The number of rotatable bonds is 9. The number of ether oxygens (including phenoxy) is 1. The first-order chi connectivity index (χ1) is 7.42. The molecule has 4 nitrogen and oxygen atoms in total. The first-order valence-corrected chi connectivity index (χ1v) is 6.05. The Kier molecular flexibility index (Phi) is 7.34. The summed E-state index contributed by atoms with van der Waals surface area (Å²) in [6.07, 6.45) is 1.60. The molecule has 0 spiro atoms. The topological polar surface area (TPSA) is 64.3 Å². The van der Waals surface area contributed by atoms with Crippen LogP contribution in [0, 0.1) is 5.92 Å². The molecule has 1 atom stereocenters. The zero-order valence-electron chi connectivity index (χ0n) is 11.0. The second-order valence-electron chi connectivity index (χ2n) is 4.84. The van der Waals surface area contributed by atoms with Crippen LogP contribution >= 0.6 is 0 Å². The van der Waals surface area contributed by atoms with Crippen LogP contribution in [0.1, 0.15) is 40.5 Å². The summed E-state index contributed by atoms with van der Waals surface area (Å²) in [4.78, 5) is 11.4. The van der Waals surface area contributed by atoms with E-state index in [4.69, 9.17) is 10.5 Å². The van der Waals surface area contributed by atoms with Gasteiger partial charge in [-0.05, 0) is 32.2 Å². The monoisotopic (exact) mass is 230 g/mol. The molecule has 0 heterocycles. The average Bonchev–Trinajstić information content (AvgIpc) is 2.21. The standard InChI is InChI=1S/C12H26N2O2/c1-5-7-14-12(4,11(13)15)6-8-16-9-10(2)3/h10,14H,5-9H2,1-4H3,(H2,13,15). The molecule has 3 N–H and O–H groups in total. The molecular weight excluding hydrogens is 204 g/mol. The quantitative estimate of drug-likeness (QED) is 0.587. The van der Waals surface area contributed by atoms with Crippen molar-refractivity contribution in [2.75, 3.05) is 19.8 Å². The van der Waals surface area contributed by atoms with E-state index in [9.17, 15) is 4.79 Å². The summed E-state index contributed by atoms with van der Waals surface area (Å²) in [6, 6.07) is 0. The summed E-state index contributed by atoms with van der Waals surface area (Å²) in [5.74, 6) is 0.206. The summed E-state index contributed by atoms with van der Waals surface area (Å²) in [5.41, 5.74) is 4.75. The predicted octanol–water partition coefficient (Wildman–Crippen LogP) is 1.29. The lowest BCUT2D eigenvalue weighted by molar-refractivity contribution is -0.124. The summed E-state index contributed by atoms with van der Waals surface area (Å²) in [6.45, 7) is 10.2. The van der Waals surface area contributed by atoms with E-state index in [0.717, 1.165) is 19.6 Å². The van der Waals surface area contributed by atoms with E-state index in [0.29, 0.717) is 18.9 Å². The smallest absolute Gasteiger partial charge is 0.237 e. The zero-order valence-corrected chi connectivity index (χ0v) is 11.0. The lowest BCUT2D eigenvalue weighted by Gasteiger charge is -2.27. The SMILES string of the molecule is CCCNC(C)(CCOCC(C)C)C(N)=O. The highest BCUT2D eigenvalue weighted by atomic mass is 16.5. The third kappa shape index (κ3) is 6.08. The molecular formula is C12H26N2O2. The fraction of sp³-hybridized carbons (Fsp3) is 0.917. The number of carbonyl (C=O) groups is 1. The van der Waals surface area contributed by atoms with Gasteiger partial charge in [0.1, 0.15) is 0 Å². The first kappa shape index (κ1) is 15.4. The fourth-order valence-electron chi connectivity index (χ4n) is 1.29. The summed E-state index contributed by atoms with van der Waals surface area (Å²) in [7, 11) is 0. The number of carbonyl (C=O) groups excluding carboxylic acids is 1. The van der Waals surface area contributed by atoms with Crippen LogP contribution in [0.2, 0.25) is 0 Å². The highest BCUT2D eigenvalue weighted by molar-refractivity contribution is 5.84. The maximum atomic E-state index is 11.4. The third-order valence-electron chi connectivity index (χ3n) is 2.51. The molecule has 0 bridgehead atoms. The molecule has 0 aliphatic rings. The second-order valence-corrected chi connectivity index (χ2v) is 4.84. The Morgan fingerprint density at radius 1 is 1.50 bits per heavy atom. The number of primary amides is 1. The first-order valence-electron chi connectivity index (χ1n) is 6.05. The highest BCUT2D eigenvalue weighted by Crippen LogP contribution is 2.09. The molecule has 1 amide bonds. The Morgan fingerprint density at radius 3 is 2.56 bits per heavy atom. The van der Waals surface area contributed by atoms with Gasteiger partial charge in [-0.1, -0.05) is 20.8 Å². The number of nitrogens with two attached hydrogens (primary N) is 1. The van der Waals surface area contributed by atoms with E-state index < -0.39 is 5.54 Å². The van der Waals surface area contributed by atoms with Crippen LogP contribution in [0.3, 0.4) is 0 Å². The van der Waals surface area contributed by atoms with Crippen molar-refractivity contribution >= 4 is 5.91 Å². The molecule has 0 saturated carbocycles. The van der Waals surface area contributed by atoms with Gasteiger partial charge in [-0.3, -0.25) is 4.79 Å². The maximum absolute atomic E-state index is 11.4. The molecule has 0 radical (unpaired) electrons. The van der Waals surface area contributed by atoms with Crippen LogP contribution in [0.4, 0.5) is 0 Å². The zero-order chi connectivity index (χ0) is 12.6. The van der Waals surface area contributed by atoms with Crippen molar-refractivity contribution in [2.24, 2.45) is 11.7 Å². The molecule has 16 heavy (non-hydrogen) atoms. The molecule has 0 rings (SSSR count). The normalized spacial score (nSPS) is 15.1. The van der Waals surface area contributed by atoms with Crippen LogP contribution in [-0.2, 0) is 9.53 Å². The minimum absolute atomic E-state index is 0.311. The van der Waals surface area contributed by atoms with Crippen LogP contribution in [0.5, 0.6) is 0 Å². The molecule has 1 unspecified atom stereocenters. The largest absolute Gasteiger partial charge is 0.381 e. The molecule has 0 aromatic carbocycles. The van der Waals surface area contributed by atoms with Gasteiger partial charge in [-0.15, -0.1) is 0 Å². The van der Waals surface area contributed by atoms with Crippen molar-refractivity contribution in [1.29, 1.82) is 0 Å². The van der Waals surface area contributed by atoms with Crippen molar-refractivity contribution in [3.05, 3.63) is 0 Å². The molecule has 96 valence electrons.